The van der Waals surface area contributed by atoms with Crippen molar-refractivity contribution in [3.8, 4) is 17.0 Å². The maximum absolute atomic E-state index is 15.1. The summed E-state index contributed by atoms with van der Waals surface area (Å²) in [6, 6.07) is 5.41. The van der Waals surface area contributed by atoms with Crippen molar-refractivity contribution in [2.24, 2.45) is 5.41 Å². The van der Waals surface area contributed by atoms with E-state index in [4.69, 9.17) is 9.15 Å². The maximum Gasteiger partial charge on any atom is 0.298 e. The molecule has 0 atom stereocenters. The zero-order valence-corrected chi connectivity index (χ0v) is 19.0. The fraction of sp³-hybridized carbons (Fsp3) is 0.478. The summed E-state index contributed by atoms with van der Waals surface area (Å²) in [5.41, 5.74) is 2.53. The average molecular weight is 452 g/mol. The van der Waals surface area contributed by atoms with Crippen LogP contribution in [0.2, 0.25) is 0 Å². The summed E-state index contributed by atoms with van der Waals surface area (Å²) in [7, 11) is 3.73. The van der Waals surface area contributed by atoms with Crippen molar-refractivity contribution in [2.75, 3.05) is 45.2 Å². The number of aromatic nitrogens is 5. The van der Waals surface area contributed by atoms with Crippen LogP contribution in [0.3, 0.4) is 0 Å². The topological polar surface area (TPSA) is 84.8 Å². The molecule has 172 valence electrons. The SMILES string of the molecule is COc1cc(-c2cc(F)c3nc(N4CCC5(CCN(C)CC5)C4)oc3c2)nn2nc(C)nc12. The Kier molecular flexibility index (Phi) is 4.55. The van der Waals surface area contributed by atoms with Crippen molar-refractivity contribution in [1.82, 2.24) is 29.7 Å². The molecule has 2 aliphatic heterocycles. The molecule has 6 rings (SSSR count). The number of halogens is 1. The van der Waals surface area contributed by atoms with Gasteiger partial charge in [-0.3, -0.25) is 0 Å². The molecule has 1 aromatic carbocycles. The number of benzene rings is 1. The summed E-state index contributed by atoms with van der Waals surface area (Å²) in [5, 5.41) is 8.76. The van der Waals surface area contributed by atoms with Crippen LogP contribution >= 0.6 is 0 Å². The first-order valence-electron chi connectivity index (χ1n) is 11.3. The van der Waals surface area contributed by atoms with Crippen molar-refractivity contribution >= 4 is 22.8 Å². The quantitative estimate of drug-likeness (QED) is 0.469. The Morgan fingerprint density at radius 3 is 2.64 bits per heavy atom. The number of hydrogen-bond donors (Lipinski definition) is 0. The third-order valence-corrected chi connectivity index (χ3v) is 7.10. The fourth-order valence-electron chi connectivity index (χ4n) is 5.10. The molecule has 0 bridgehead atoms. The van der Waals surface area contributed by atoms with Crippen molar-refractivity contribution in [1.29, 1.82) is 0 Å². The summed E-state index contributed by atoms with van der Waals surface area (Å²) >= 11 is 0. The highest BCUT2D eigenvalue weighted by atomic mass is 19.1. The monoisotopic (exact) mass is 451 g/mol. The van der Waals surface area contributed by atoms with Gasteiger partial charge in [0.2, 0.25) is 5.65 Å². The Labute approximate surface area is 190 Å². The molecule has 0 radical (unpaired) electrons. The number of oxazole rings is 1. The third kappa shape index (κ3) is 3.40. The summed E-state index contributed by atoms with van der Waals surface area (Å²) in [6.45, 7) is 5.80. The van der Waals surface area contributed by atoms with Crippen LogP contribution in [0.25, 0.3) is 28.0 Å². The predicted molar refractivity (Wildman–Crippen MR) is 121 cm³/mol. The Bertz CT molecular complexity index is 1360. The molecule has 10 heteroatoms. The number of anilines is 1. The van der Waals surface area contributed by atoms with Gasteiger partial charge in [-0.1, -0.05) is 0 Å². The number of fused-ring (bicyclic) bond motifs is 2. The zero-order valence-electron chi connectivity index (χ0n) is 19.0. The zero-order chi connectivity index (χ0) is 22.7. The van der Waals surface area contributed by atoms with E-state index < -0.39 is 5.82 Å². The Balaban J connectivity index is 1.35. The van der Waals surface area contributed by atoms with E-state index in [2.05, 4.69) is 37.0 Å². The molecule has 0 unspecified atom stereocenters. The molecule has 0 aliphatic carbocycles. The molecular weight excluding hydrogens is 425 g/mol. The van der Waals surface area contributed by atoms with E-state index in [1.165, 1.54) is 23.5 Å². The first-order valence-corrected chi connectivity index (χ1v) is 11.3. The molecule has 3 aromatic heterocycles. The molecule has 2 saturated heterocycles. The molecule has 2 fully saturated rings. The van der Waals surface area contributed by atoms with Gasteiger partial charge in [0.25, 0.3) is 6.01 Å². The molecule has 2 aliphatic rings. The molecular formula is C23H26FN7O2. The Hall–Kier alpha value is -3.27. The highest BCUT2D eigenvalue weighted by molar-refractivity contribution is 5.82. The number of rotatable bonds is 3. The Morgan fingerprint density at radius 1 is 1.06 bits per heavy atom. The number of hydrogen-bond acceptors (Lipinski definition) is 8. The maximum atomic E-state index is 15.1. The smallest absolute Gasteiger partial charge is 0.298 e. The Morgan fingerprint density at radius 2 is 1.85 bits per heavy atom. The first-order chi connectivity index (χ1) is 15.9. The minimum Gasteiger partial charge on any atom is -0.493 e. The van der Waals surface area contributed by atoms with Crippen LogP contribution in [0.1, 0.15) is 25.1 Å². The van der Waals surface area contributed by atoms with Crippen molar-refractivity contribution in [3.63, 3.8) is 0 Å². The van der Waals surface area contributed by atoms with E-state index in [1.54, 1.807) is 26.2 Å². The van der Waals surface area contributed by atoms with Crippen LogP contribution in [-0.4, -0.2) is 70.0 Å². The van der Waals surface area contributed by atoms with Gasteiger partial charge in [0.1, 0.15) is 5.52 Å². The minimum atomic E-state index is -0.443. The molecule has 0 saturated carbocycles. The number of piperidine rings is 1. The lowest BCUT2D eigenvalue weighted by Crippen LogP contribution is -2.39. The lowest BCUT2D eigenvalue weighted by Gasteiger charge is -2.37. The second-order valence-corrected chi connectivity index (χ2v) is 9.35. The van der Waals surface area contributed by atoms with E-state index in [1.807, 2.05) is 0 Å². The van der Waals surface area contributed by atoms with Gasteiger partial charge in [-0.05, 0) is 63.9 Å². The number of ether oxygens (including phenoxy) is 1. The molecule has 1 spiro atoms. The fourth-order valence-corrected chi connectivity index (χ4v) is 5.10. The lowest BCUT2D eigenvalue weighted by atomic mass is 9.78. The normalized spacial score (nSPS) is 18.7. The van der Waals surface area contributed by atoms with Gasteiger partial charge >= 0.3 is 0 Å². The van der Waals surface area contributed by atoms with Crippen LogP contribution in [0.5, 0.6) is 5.75 Å². The number of methoxy groups -OCH3 is 1. The van der Waals surface area contributed by atoms with Gasteiger partial charge in [-0.2, -0.15) is 4.98 Å². The summed E-state index contributed by atoms with van der Waals surface area (Å²) in [4.78, 5) is 13.4. The van der Waals surface area contributed by atoms with Crippen LogP contribution in [0, 0.1) is 18.2 Å². The van der Waals surface area contributed by atoms with Gasteiger partial charge in [-0.25, -0.2) is 9.37 Å². The van der Waals surface area contributed by atoms with E-state index in [0.717, 1.165) is 32.6 Å². The standard InChI is InChI=1S/C23H26FN7O2/c1-14-25-21-19(32-3)12-17(28-31(21)27-14)15-10-16(24)20-18(11-15)33-22(26-20)30-9-6-23(13-30)4-7-29(2)8-5-23/h10-12H,4-9,13H2,1-3H3. The molecule has 0 N–H and O–H groups in total. The largest absolute Gasteiger partial charge is 0.493 e. The van der Waals surface area contributed by atoms with E-state index >= 15 is 4.39 Å². The molecule has 9 nitrogen and oxygen atoms in total. The number of likely N-dealkylation sites (tertiary alicyclic amines) is 1. The van der Waals surface area contributed by atoms with Gasteiger partial charge in [0.15, 0.2) is 23.0 Å². The van der Waals surface area contributed by atoms with E-state index in [9.17, 15) is 0 Å². The summed E-state index contributed by atoms with van der Waals surface area (Å²) in [6.07, 6.45) is 3.47. The van der Waals surface area contributed by atoms with Gasteiger partial charge in [0, 0.05) is 24.7 Å². The highest BCUT2D eigenvalue weighted by Crippen LogP contribution is 2.42. The summed E-state index contributed by atoms with van der Waals surface area (Å²) < 4.78 is 28.0. The molecule has 33 heavy (non-hydrogen) atoms. The van der Waals surface area contributed by atoms with Gasteiger partial charge in [-0.15, -0.1) is 14.8 Å². The molecule has 4 aromatic rings. The first kappa shape index (κ1) is 20.3. The minimum absolute atomic E-state index is 0.239. The van der Waals surface area contributed by atoms with Gasteiger partial charge < -0.3 is 19.0 Å². The number of nitrogens with zero attached hydrogens (tertiary/aromatic N) is 7. The summed E-state index contributed by atoms with van der Waals surface area (Å²) in [5.74, 6) is 0.647. The lowest BCUT2D eigenvalue weighted by molar-refractivity contribution is 0.141. The van der Waals surface area contributed by atoms with E-state index in [0.29, 0.717) is 45.5 Å². The second kappa shape index (κ2) is 7.38. The van der Waals surface area contributed by atoms with Crippen molar-refractivity contribution in [2.45, 2.75) is 26.2 Å². The average Bonchev–Trinajstić information content (AvgIpc) is 3.51. The van der Waals surface area contributed by atoms with Crippen molar-refractivity contribution < 1.29 is 13.5 Å². The van der Waals surface area contributed by atoms with Crippen molar-refractivity contribution in [3.05, 3.63) is 29.8 Å². The third-order valence-electron chi connectivity index (χ3n) is 7.10. The molecule has 0 amide bonds. The van der Waals surface area contributed by atoms with Crippen LogP contribution in [0.4, 0.5) is 10.4 Å². The van der Waals surface area contributed by atoms with Crippen LogP contribution in [0.15, 0.2) is 22.6 Å². The predicted octanol–water partition coefficient (Wildman–Crippen LogP) is 3.31. The van der Waals surface area contributed by atoms with Crippen LogP contribution < -0.4 is 9.64 Å². The number of aryl methyl sites for hydroxylation is 1. The highest BCUT2D eigenvalue weighted by Gasteiger charge is 2.41. The van der Waals surface area contributed by atoms with E-state index in [-0.39, 0.29) is 5.52 Å². The van der Waals surface area contributed by atoms with Gasteiger partial charge in [0.05, 0.1) is 12.8 Å². The van der Waals surface area contributed by atoms with Crippen LogP contribution in [-0.2, 0) is 0 Å². The second-order valence-electron chi connectivity index (χ2n) is 9.35. The molecule has 5 heterocycles.